The summed E-state index contributed by atoms with van der Waals surface area (Å²) in [5.74, 6) is 0.448. The highest BCUT2D eigenvalue weighted by Crippen LogP contribution is 2.33. The van der Waals surface area contributed by atoms with Gasteiger partial charge < -0.3 is 0 Å². The van der Waals surface area contributed by atoms with Crippen molar-refractivity contribution in [3.8, 4) is 0 Å². The number of Topliss-reactive ketones (excluding diaryl/α,β-unsaturated/α-hetero) is 1. The number of hydrogen-bond donors (Lipinski definition) is 0. The average Bonchev–Trinajstić information content (AvgIpc) is 2.38. The molecule has 1 nitrogen and oxygen atoms in total. The molecule has 0 aliphatic heterocycles. The number of aryl methyl sites for hydroxylation is 1. The van der Waals surface area contributed by atoms with Gasteiger partial charge in [0.2, 0.25) is 0 Å². The second-order valence-corrected chi connectivity index (χ2v) is 4.48. The van der Waals surface area contributed by atoms with Crippen molar-refractivity contribution in [1.29, 1.82) is 0 Å². The van der Waals surface area contributed by atoms with Gasteiger partial charge in [-0.2, -0.15) is 0 Å². The minimum Gasteiger partial charge on any atom is -0.294 e. The summed E-state index contributed by atoms with van der Waals surface area (Å²) in [7, 11) is 0. The molecule has 1 aliphatic carbocycles. The van der Waals surface area contributed by atoms with Crippen molar-refractivity contribution in [3.05, 3.63) is 33.3 Å². The van der Waals surface area contributed by atoms with Crippen molar-refractivity contribution in [2.45, 2.75) is 20.3 Å². The second kappa shape index (κ2) is 2.95. The number of ketones is 1. The van der Waals surface area contributed by atoms with Gasteiger partial charge in [0.15, 0.2) is 5.78 Å². The third-order valence-corrected chi connectivity index (χ3v) is 3.76. The number of hydrogen-bond acceptors (Lipinski definition) is 1. The Kier molecular flexibility index (Phi) is 2.03. The van der Waals surface area contributed by atoms with E-state index in [1.54, 1.807) is 0 Å². The van der Waals surface area contributed by atoms with E-state index in [1.165, 1.54) is 11.1 Å². The molecule has 0 heterocycles. The van der Waals surface area contributed by atoms with E-state index in [0.717, 1.165) is 16.5 Å². The first-order valence-corrected chi connectivity index (χ1v) is 5.22. The SMILES string of the molecule is Cc1ccc2c(c1Br)CC(C)C2=O. The standard InChI is InChI=1S/C11H11BrO/c1-6-3-4-8-9(10(6)12)5-7(2)11(8)13/h3-4,7H,5H2,1-2H3. The maximum absolute atomic E-state index is 11.6. The lowest BCUT2D eigenvalue weighted by Crippen LogP contribution is -2.02. The second-order valence-electron chi connectivity index (χ2n) is 3.69. The van der Waals surface area contributed by atoms with Gasteiger partial charge >= 0.3 is 0 Å². The van der Waals surface area contributed by atoms with Crippen LogP contribution in [0.25, 0.3) is 0 Å². The molecular weight excluding hydrogens is 228 g/mol. The van der Waals surface area contributed by atoms with Gasteiger partial charge in [0, 0.05) is 16.0 Å². The third-order valence-electron chi connectivity index (χ3n) is 2.66. The molecule has 0 bridgehead atoms. The monoisotopic (exact) mass is 238 g/mol. The highest BCUT2D eigenvalue weighted by molar-refractivity contribution is 9.10. The molecular formula is C11H11BrO. The quantitative estimate of drug-likeness (QED) is 0.679. The Balaban J connectivity index is 2.64. The maximum atomic E-state index is 11.6. The van der Waals surface area contributed by atoms with Gasteiger partial charge in [-0.25, -0.2) is 0 Å². The van der Waals surface area contributed by atoms with Gasteiger partial charge in [0.05, 0.1) is 0 Å². The van der Waals surface area contributed by atoms with Crippen LogP contribution in [-0.2, 0) is 6.42 Å². The van der Waals surface area contributed by atoms with Gasteiger partial charge in [0.25, 0.3) is 0 Å². The third kappa shape index (κ3) is 1.24. The van der Waals surface area contributed by atoms with E-state index in [0.29, 0.717) is 0 Å². The van der Waals surface area contributed by atoms with Crippen molar-refractivity contribution in [1.82, 2.24) is 0 Å². The van der Waals surface area contributed by atoms with Crippen LogP contribution in [0.1, 0.15) is 28.4 Å². The topological polar surface area (TPSA) is 17.1 Å². The Bertz CT molecular complexity index is 382. The van der Waals surface area contributed by atoms with E-state index in [-0.39, 0.29) is 11.7 Å². The smallest absolute Gasteiger partial charge is 0.166 e. The molecule has 1 atom stereocenters. The van der Waals surface area contributed by atoms with Gasteiger partial charge in [0.1, 0.15) is 0 Å². The van der Waals surface area contributed by atoms with Gasteiger partial charge in [-0.15, -0.1) is 0 Å². The molecule has 0 amide bonds. The predicted octanol–water partition coefficient (Wildman–Crippen LogP) is 3.13. The van der Waals surface area contributed by atoms with Gasteiger partial charge in [-0.05, 0) is 24.5 Å². The fourth-order valence-electron chi connectivity index (χ4n) is 1.83. The number of fused-ring (bicyclic) bond motifs is 1. The number of rotatable bonds is 0. The first-order valence-electron chi connectivity index (χ1n) is 4.43. The maximum Gasteiger partial charge on any atom is 0.166 e. The summed E-state index contributed by atoms with van der Waals surface area (Å²) in [4.78, 5) is 11.6. The summed E-state index contributed by atoms with van der Waals surface area (Å²) in [6.07, 6.45) is 0.885. The largest absolute Gasteiger partial charge is 0.294 e. The van der Waals surface area contributed by atoms with E-state index in [2.05, 4.69) is 22.9 Å². The average molecular weight is 239 g/mol. The van der Waals surface area contributed by atoms with Crippen LogP contribution in [0.5, 0.6) is 0 Å². The summed E-state index contributed by atoms with van der Waals surface area (Å²) in [6.45, 7) is 4.04. The molecule has 1 aromatic rings. The molecule has 1 unspecified atom stereocenters. The van der Waals surface area contributed by atoms with Crippen LogP contribution in [-0.4, -0.2) is 5.78 Å². The van der Waals surface area contributed by atoms with Crippen molar-refractivity contribution in [3.63, 3.8) is 0 Å². The number of benzene rings is 1. The molecule has 0 saturated carbocycles. The normalized spacial score (nSPS) is 20.5. The van der Waals surface area contributed by atoms with Crippen LogP contribution in [0.2, 0.25) is 0 Å². The lowest BCUT2D eigenvalue weighted by molar-refractivity contribution is 0.0946. The van der Waals surface area contributed by atoms with Crippen LogP contribution in [0, 0.1) is 12.8 Å². The Morgan fingerprint density at radius 2 is 2.15 bits per heavy atom. The molecule has 0 N–H and O–H groups in total. The zero-order valence-electron chi connectivity index (χ0n) is 7.73. The molecule has 0 spiro atoms. The minimum atomic E-state index is 0.160. The lowest BCUT2D eigenvalue weighted by atomic mass is 10.1. The Labute approximate surface area is 86.3 Å². The number of carbonyl (C=O) groups is 1. The summed E-state index contributed by atoms with van der Waals surface area (Å²) in [5.41, 5.74) is 3.31. The van der Waals surface area contributed by atoms with E-state index in [9.17, 15) is 4.79 Å². The summed E-state index contributed by atoms with van der Waals surface area (Å²) >= 11 is 3.53. The molecule has 13 heavy (non-hydrogen) atoms. The highest BCUT2D eigenvalue weighted by Gasteiger charge is 2.28. The van der Waals surface area contributed by atoms with E-state index in [4.69, 9.17) is 0 Å². The van der Waals surface area contributed by atoms with Crippen molar-refractivity contribution in [2.75, 3.05) is 0 Å². The highest BCUT2D eigenvalue weighted by atomic mass is 79.9. The van der Waals surface area contributed by atoms with Gasteiger partial charge in [-0.1, -0.05) is 35.0 Å². The zero-order chi connectivity index (χ0) is 9.59. The Morgan fingerprint density at radius 3 is 2.85 bits per heavy atom. The fraction of sp³-hybridized carbons (Fsp3) is 0.364. The van der Waals surface area contributed by atoms with E-state index in [1.807, 2.05) is 19.1 Å². The van der Waals surface area contributed by atoms with Gasteiger partial charge in [-0.3, -0.25) is 4.79 Å². The molecule has 2 rings (SSSR count). The zero-order valence-corrected chi connectivity index (χ0v) is 9.31. The number of carbonyl (C=O) groups excluding carboxylic acids is 1. The minimum absolute atomic E-state index is 0.160. The van der Waals surface area contributed by atoms with E-state index < -0.39 is 0 Å². The van der Waals surface area contributed by atoms with Crippen molar-refractivity contribution in [2.24, 2.45) is 5.92 Å². The predicted molar refractivity (Wildman–Crippen MR) is 56.1 cm³/mol. The van der Waals surface area contributed by atoms with Crippen molar-refractivity contribution < 1.29 is 4.79 Å². The summed E-state index contributed by atoms with van der Waals surface area (Å²) in [5, 5.41) is 0. The van der Waals surface area contributed by atoms with Crippen LogP contribution in [0.4, 0.5) is 0 Å². The summed E-state index contributed by atoms with van der Waals surface area (Å²) < 4.78 is 1.11. The molecule has 0 fully saturated rings. The summed E-state index contributed by atoms with van der Waals surface area (Å²) in [6, 6.07) is 3.94. The van der Waals surface area contributed by atoms with E-state index >= 15 is 0 Å². The molecule has 68 valence electrons. The molecule has 0 aromatic heterocycles. The molecule has 0 saturated heterocycles. The molecule has 1 aliphatic rings. The fourth-order valence-corrected chi connectivity index (χ4v) is 2.34. The van der Waals surface area contributed by atoms with Crippen LogP contribution >= 0.6 is 15.9 Å². The lowest BCUT2D eigenvalue weighted by Gasteiger charge is -2.03. The Morgan fingerprint density at radius 1 is 1.46 bits per heavy atom. The van der Waals surface area contributed by atoms with Crippen LogP contribution in [0.3, 0.4) is 0 Å². The first-order chi connectivity index (χ1) is 6.11. The first kappa shape index (κ1) is 8.95. The molecule has 0 radical (unpaired) electrons. The Hall–Kier alpha value is -0.630. The molecule has 2 heteroatoms. The van der Waals surface area contributed by atoms with Crippen molar-refractivity contribution >= 4 is 21.7 Å². The molecule has 1 aromatic carbocycles. The number of halogens is 1. The van der Waals surface area contributed by atoms with Crippen LogP contribution < -0.4 is 0 Å². The van der Waals surface area contributed by atoms with Crippen LogP contribution in [0.15, 0.2) is 16.6 Å².